The molecule has 0 fully saturated rings. The fourth-order valence-corrected chi connectivity index (χ4v) is 15.2. The fourth-order valence-electron chi connectivity index (χ4n) is 14.2. The molecule has 23 nitrogen and oxygen atoms in total. The third-order valence-corrected chi connectivity index (χ3v) is 22.0. The van der Waals surface area contributed by atoms with E-state index < -0.39 is 55.0 Å². The van der Waals surface area contributed by atoms with E-state index in [-0.39, 0.29) is 83.9 Å². The Morgan fingerprint density at radius 1 is 0.682 bits per heavy atom. The molecule has 0 bridgehead atoms. The minimum absolute atomic E-state index is 0.0374. The predicted molar refractivity (Wildman–Crippen MR) is 419 cm³/mol. The molecule has 2 heterocycles. The molecule has 4 amide bonds. The molecule has 4 aromatic rings. The van der Waals surface area contributed by atoms with Crippen LogP contribution in [0.3, 0.4) is 0 Å². The van der Waals surface area contributed by atoms with E-state index in [1.165, 1.54) is 12.1 Å². The van der Waals surface area contributed by atoms with E-state index >= 15 is 0 Å². The number of urea groups is 1. The average molecular weight is 1510 g/mol. The van der Waals surface area contributed by atoms with Gasteiger partial charge in [-0.15, -0.1) is 0 Å². The Kier molecular flexibility index (Phi) is 32.7. The second-order valence-electron chi connectivity index (χ2n) is 29.5. The molecule has 0 unspecified atom stereocenters. The predicted octanol–water partition coefficient (Wildman–Crippen LogP) is 13.3. The zero-order valence-electron chi connectivity index (χ0n) is 63.6. The Bertz CT molecular complexity index is 4180. The van der Waals surface area contributed by atoms with Gasteiger partial charge in [-0.1, -0.05) is 115 Å². The van der Waals surface area contributed by atoms with Gasteiger partial charge >= 0.3 is 12.0 Å². The summed E-state index contributed by atoms with van der Waals surface area (Å²) >= 11 is 0. The van der Waals surface area contributed by atoms with Crippen molar-refractivity contribution in [3.8, 4) is 5.75 Å². The number of carbonyl (C=O) groups excluding carboxylic acids is 5. The van der Waals surface area contributed by atoms with Crippen molar-refractivity contribution in [2.24, 2.45) is 22.4 Å². The topological polar surface area (TPSA) is 359 Å². The average Bonchev–Trinajstić information content (AvgIpc) is 1.59. The van der Waals surface area contributed by atoms with Crippen molar-refractivity contribution in [2.45, 2.75) is 242 Å². The standard InChI is InChI=1S/C82H113N9O14S2/c1-8-10-21-52-91-71-43-41-66(107(102,103)104)56-68(71)82(6,7)74(91)45-37-61-28-22-27-60(36-44-73-81(4,5)67-55-65(106(99,100)101)40-42-70(67)90(73)51-11-9-2)77(61)105-64-38-34-58(35-39-64)47-50-85-78(97)62(29-23-48-86-79(83)84)54-72(93)69(53-59-25-17-16-18-26-59)89-75(94)32-20-15-13-12-14-19-30-63(92)31-24-49-87-80(98)88-57(3)33-46-76(95)96/h16-18,25-26,34-45,55-57,62,69H,8-15,19-24,27-33,46-54H2,1-7H3,(H10-,83,84,85,86,87,88,89,94,95,96,97,98,99,100,101,102,103,104)/p+1/t57-,62+,69-/m0/s1. The summed E-state index contributed by atoms with van der Waals surface area (Å²) < 4.78 is 79.4. The van der Waals surface area contributed by atoms with Gasteiger partial charge in [0.15, 0.2) is 17.5 Å². The number of nitrogens with two attached hydrogens (primary N) is 2. The molecular weight excluding hydrogens is 1400 g/mol. The molecule has 3 atom stereocenters. The number of rotatable bonds is 45. The number of hydrogen-bond donors (Lipinski definition) is 9. The second-order valence-corrected chi connectivity index (χ2v) is 32.3. The number of benzene rings is 4. The monoisotopic (exact) mass is 1510 g/mol. The quantitative estimate of drug-likeness (QED) is 0.00652. The van der Waals surface area contributed by atoms with E-state index in [4.69, 9.17) is 21.3 Å². The number of carboxylic acids is 1. The third-order valence-electron chi connectivity index (χ3n) is 20.3. The minimum atomic E-state index is -4.48. The number of fused-ring (bicyclic) bond motifs is 2. The first-order chi connectivity index (χ1) is 50.9. The Morgan fingerprint density at radius 3 is 2.02 bits per heavy atom. The van der Waals surface area contributed by atoms with Crippen molar-refractivity contribution in [3.63, 3.8) is 0 Å². The number of aliphatic carboxylic acids is 1. The molecule has 7 rings (SSSR count). The summed E-state index contributed by atoms with van der Waals surface area (Å²) in [6, 6.07) is 25.1. The number of unbranched alkanes of at least 4 members (excludes halogenated alkanes) is 8. The number of anilines is 1. The van der Waals surface area contributed by atoms with Crippen LogP contribution in [-0.4, -0.2) is 127 Å². The highest BCUT2D eigenvalue weighted by Crippen LogP contribution is 2.49. The number of carboxylic acid groups (broad SMARTS) is 1. The Balaban J connectivity index is 1.03. The summed E-state index contributed by atoms with van der Waals surface area (Å²) in [5.74, 6) is -1.25. The first kappa shape index (κ1) is 85.5. The summed E-state index contributed by atoms with van der Waals surface area (Å²) in [5.41, 5.74) is 18.9. The van der Waals surface area contributed by atoms with E-state index in [9.17, 15) is 54.7 Å². The maximum absolute atomic E-state index is 14.5. The number of ether oxygens (including phenoxy) is 1. The van der Waals surface area contributed by atoms with Gasteiger partial charge in [0.25, 0.3) is 20.2 Å². The number of allylic oxidation sites excluding steroid dienone is 7. The molecule has 0 radical (unpaired) electrons. The zero-order valence-corrected chi connectivity index (χ0v) is 65.2. The van der Waals surface area contributed by atoms with Crippen LogP contribution in [0, 0.1) is 5.92 Å². The van der Waals surface area contributed by atoms with Gasteiger partial charge in [-0.3, -0.25) is 38.1 Å². The van der Waals surface area contributed by atoms with Crippen LogP contribution in [0.2, 0.25) is 0 Å². The number of aliphatic imine (C=N–C) groups is 1. The van der Waals surface area contributed by atoms with Gasteiger partial charge in [0, 0.05) is 111 Å². The minimum Gasteiger partial charge on any atom is -0.481 e. The summed E-state index contributed by atoms with van der Waals surface area (Å²) in [7, 11) is -8.96. The molecule has 1 aliphatic carbocycles. The van der Waals surface area contributed by atoms with Crippen molar-refractivity contribution in [1.29, 1.82) is 0 Å². The molecule has 107 heavy (non-hydrogen) atoms. The zero-order chi connectivity index (χ0) is 77.9. The molecule has 11 N–H and O–H groups in total. The highest BCUT2D eigenvalue weighted by molar-refractivity contribution is 7.86. The highest BCUT2D eigenvalue weighted by Gasteiger charge is 2.45. The maximum atomic E-state index is 14.5. The van der Waals surface area contributed by atoms with Gasteiger partial charge < -0.3 is 47.5 Å². The number of Topliss-reactive ketones (excluding diaryl/α,β-unsaturated/α-hetero) is 2. The van der Waals surface area contributed by atoms with Gasteiger partial charge in [0.1, 0.15) is 23.8 Å². The lowest BCUT2D eigenvalue weighted by molar-refractivity contribution is -0.438. The fraction of sp³-hybridized carbons (Fsp3) is 0.512. The van der Waals surface area contributed by atoms with Gasteiger partial charge in [-0.2, -0.15) is 21.4 Å². The van der Waals surface area contributed by atoms with E-state index in [2.05, 4.69) is 102 Å². The van der Waals surface area contributed by atoms with Crippen molar-refractivity contribution in [2.75, 3.05) is 37.6 Å². The van der Waals surface area contributed by atoms with Gasteiger partial charge in [0.2, 0.25) is 17.5 Å². The molecular formula is C82H114N9O14S2+. The van der Waals surface area contributed by atoms with Crippen molar-refractivity contribution in [1.82, 2.24) is 21.3 Å². The van der Waals surface area contributed by atoms with Gasteiger partial charge in [-0.05, 0) is 187 Å². The first-order valence-electron chi connectivity index (χ1n) is 38.1. The van der Waals surface area contributed by atoms with Crippen LogP contribution in [0.5, 0.6) is 5.75 Å². The van der Waals surface area contributed by atoms with Crippen LogP contribution in [-0.2, 0) is 67.9 Å². The summed E-state index contributed by atoms with van der Waals surface area (Å²) in [4.78, 5) is 83.7. The third kappa shape index (κ3) is 26.0. The summed E-state index contributed by atoms with van der Waals surface area (Å²) in [6.45, 7) is 16.4. The van der Waals surface area contributed by atoms with Crippen LogP contribution >= 0.6 is 0 Å². The largest absolute Gasteiger partial charge is 0.481 e. The first-order valence-corrected chi connectivity index (χ1v) is 41.0. The smallest absolute Gasteiger partial charge is 0.314 e. The number of guanidine groups is 1. The number of nitrogens with one attached hydrogen (secondary N) is 4. The van der Waals surface area contributed by atoms with Crippen LogP contribution in [0.15, 0.2) is 153 Å². The molecule has 0 saturated carbocycles. The van der Waals surface area contributed by atoms with E-state index in [1.807, 2.05) is 54.6 Å². The molecule has 2 aliphatic heterocycles. The lowest BCUT2D eigenvalue weighted by Gasteiger charge is -2.27. The van der Waals surface area contributed by atoms with Gasteiger partial charge in [-0.25, -0.2) is 4.79 Å². The molecule has 3 aliphatic rings. The lowest BCUT2D eigenvalue weighted by Crippen LogP contribution is -2.44. The van der Waals surface area contributed by atoms with Crippen LogP contribution in [0.25, 0.3) is 0 Å². The van der Waals surface area contributed by atoms with Crippen LogP contribution in [0.1, 0.15) is 218 Å². The summed E-state index contributed by atoms with van der Waals surface area (Å²) in [5, 5.41) is 20.3. The molecule has 582 valence electrons. The van der Waals surface area contributed by atoms with Crippen molar-refractivity contribution in [3.05, 3.63) is 160 Å². The second kappa shape index (κ2) is 41.0. The summed E-state index contributed by atoms with van der Waals surface area (Å²) in [6.07, 6.45) is 23.1. The van der Waals surface area contributed by atoms with E-state index in [0.717, 1.165) is 127 Å². The normalized spacial score (nSPS) is 16.3. The van der Waals surface area contributed by atoms with E-state index in [0.29, 0.717) is 95.4 Å². The van der Waals surface area contributed by atoms with Gasteiger partial charge in [0.05, 0.1) is 21.2 Å². The van der Waals surface area contributed by atoms with Crippen LogP contribution in [0.4, 0.5) is 16.2 Å². The van der Waals surface area contributed by atoms with Crippen LogP contribution < -0.4 is 42.4 Å². The van der Waals surface area contributed by atoms with Crippen molar-refractivity contribution < 1.29 is 69.1 Å². The molecule has 25 heteroatoms. The van der Waals surface area contributed by atoms with E-state index in [1.54, 1.807) is 31.2 Å². The Hall–Kier alpha value is -8.78. The number of amides is 4. The number of nitrogens with zero attached hydrogens (tertiary/aromatic N) is 3. The molecule has 0 saturated heterocycles. The lowest BCUT2D eigenvalue weighted by atomic mass is 9.81. The maximum Gasteiger partial charge on any atom is 0.314 e. The number of ketones is 2. The SMILES string of the molecule is CCCCC[N+]1=C(/C=C/C2=C(Oc3ccc(CCNC(=O)[C@H](CCCN=C(N)N)CC(=O)[C@H](Cc4ccccc4)NC(=O)CCCCCCCCC(=O)CCCNC(=O)N[C@@H](C)CCC(=O)O)cc3)C(=C/C=C3/N(CCCC)c4ccc(S(=O)(=O)O)cc4C3(C)C)/CCC2)C(C)(C)c2cc(S(=O)(=O)O)ccc21. The molecule has 0 spiro atoms. The Morgan fingerprint density at radius 2 is 1.35 bits per heavy atom. The van der Waals surface area contributed by atoms with Crippen molar-refractivity contribution >= 4 is 78.7 Å². The number of hydrogen-bond acceptors (Lipinski definition) is 13. The molecule has 4 aromatic carbocycles. The number of carbonyl (C=O) groups is 6. The Labute approximate surface area is 633 Å². The molecule has 0 aromatic heterocycles. The highest BCUT2D eigenvalue weighted by atomic mass is 32.2.